The summed E-state index contributed by atoms with van der Waals surface area (Å²) in [5.74, 6) is 4.19. The molecule has 0 aliphatic heterocycles. The molecule has 6 nitrogen and oxygen atoms in total. The van der Waals surface area contributed by atoms with Crippen molar-refractivity contribution >= 4 is 17.7 Å². The molecule has 0 radical (unpaired) electrons. The quantitative estimate of drug-likeness (QED) is 0.510. The Bertz CT molecular complexity index is 921. The number of aromatic amines is 1. The Kier molecular flexibility index (Phi) is 7.33. The summed E-state index contributed by atoms with van der Waals surface area (Å²) in [6.07, 6.45) is 2.23. The molecular formula is C21H26N4O2S. The van der Waals surface area contributed by atoms with E-state index in [4.69, 9.17) is 4.42 Å². The molecule has 2 heterocycles. The number of benzene rings is 1. The highest BCUT2D eigenvalue weighted by molar-refractivity contribution is 7.98. The third-order valence-electron chi connectivity index (χ3n) is 4.08. The van der Waals surface area contributed by atoms with E-state index < -0.39 is 0 Å². The van der Waals surface area contributed by atoms with Gasteiger partial charge in [-0.05, 0) is 31.8 Å². The lowest BCUT2D eigenvalue weighted by Gasteiger charge is -2.07. The van der Waals surface area contributed by atoms with Gasteiger partial charge in [-0.3, -0.25) is 9.78 Å². The number of hydrogen-bond donors (Lipinski definition) is 2. The van der Waals surface area contributed by atoms with Crippen molar-refractivity contribution < 1.29 is 4.42 Å². The average Bonchev–Trinajstić information content (AvgIpc) is 3.11. The molecule has 0 saturated carbocycles. The molecule has 0 fully saturated rings. The standard InChI is InChI=1S/C21H26N4O2S/c1-25(2)14-18-8-9-19(27-18)15-28-11-10-22-21-23-13-17(20(26)24-21)12-16-6-4-3-5-7-16/h3-9,13H,10-12,14-15H2,1-2H3,(H2,22,23,24,26). The molecule has 3 aromatic rings. The van der Waals surface area contributed by atoms with Gasteiger partial charge in [0.1, 0.15) is 11.5 Å². The third-order valence-corrected chi connectivity index (χ3v) is 5.06. The van der Waals surface area contributed by atoms with Crippen molar-refractivity contribution in [3.8, 4) is 0 Å². The zero-order chi connectivity index (χ0) is 19.8. The van der Waals surface area contributed by atoms with Gasteiger partial charge in [-0.15, -0.1) is 0 Å². The van der Waals surface area contributed by atoms with Crippen molar-refractivity contribution in [3.05, 3.63) is 81.7 Å². The van der Waals surface area contributed by atoms with Crippen LogP contribution in [0.3, 0.4) is 0 Å². The summed E-state index contributed by atoms with van der Waals surface area (Å²) in [5, 5.41) is 3.17. The average molecular weight is 399 g/mol. The Balaban J connectivity index is 1.41. The number of furan rings is 1. The molecule has 7 heteroatoms. The molecule has 0 spiro atoms. The molecule has 28 heavy (non-hydrogen) atoms. The lowest BCUT2D eigenvalue weighted by molar-refractivity contribution is 0.344. The smallest absolute Gasteiger partial charge is 0.255 e. The van der Waals surface area contributed by atoms with Gasteiger partial charge in [0, 0.05) is 30.5 Å². The van der Waals surface area contributed by atoms with E-state index in [0.29, 0.717) is 17.9 Å². The Morgan fingerprint density at radius 3 is 2.68 bits per heavy atom. The molecule has 148 valence electrons. The number of aromatic nitrogens is 2. The Morgan fingerprint density at radius 2 is 1.93 bits per heavy atom. The summed E-state index contributed by atoms with van der Waals surface area (Å²) in [7, 11) is 4.05. The fourth-order valence-corrected chi connectivity index (χ4v) is 3.51. The van der Waals surface area contributed by atoms with Crippen molar-refractivity contribution in [2.75, 3.05) is 31.7 Å². The molecule has 2 N–H and O–H groups in total. The number of hydrogen-bond acceptors (Lipinski definition) is 6. The first-order chi connectivity index (χ1) is 13.6. The van der Waals surface area contributed by atoms with E-state index in [1.807, 2.05) is 56.6 Å². The first-order valence-electron chi connectivity index (χ1n) is 9.26. The van der Waals surface area contributed by atoms with Crippen molar-refractivity contribution in [1.82, 2.24) is 14.9 Å². The van der Waals surface area contributed by atoms with Crippen molar-refractivity contribution in [3.63, 3.8) is 0 Å². The highest BCUT2D eigenvalue weighted by Crippen LogP contribution is 2.16. The largest absolute Gasteiger partial charge is 0.464 e. The molecule has 0 aliphatic carbocycles. The second kappa shape index (κ2) is 10.1. The van der Waals surface area contributed by atoms with E-state index in [1.165, 1.54) is 0 Å². The van der Waals surface area contributed by atoms with Crippen molar-refractivity contribution in [1.29, 1.82) is 0 Å². The predicted molar refractivity (Wildman–Crippen MR) is 115 cm³/mol. The highest BCUT2D eigenvalue weighted by Gasteiger charge is 2.05. The van der Waals surface area contributed by atoms with Gasteiger partial charge in [0.2, 0.25) is 5.95 Å². The van der Waals surface area contributed by atoms with Crippen LogP contribution in [-0.2, 0) is 18.7 Å². The van der Waals surface area contributed by atoms with Gasteiger partial charge >= 0.3 is 0 Å². The molecule has 0 atom stereocenters. The van der Waals surface area contributed by atoms with Gasteiger partial charge in [-0.1, -0.05) is 30.3 Å². The normalized spacial score (nSPS) is 11.1. The van der Waals surface area contributed by atoms with E-state index in [1.54, 1.807) is 18.0 Å². The zero-order valence-electron chi connectivity index (χ0n) is 16.3. The van der Waals surface area contributed by atoms with Crippen LogP contribution < -0.4 is 10.9 Å². The topological polar surface area (TPSA) is 74.2 Å². The third kappa shape index (κ3) is 6.28. The van der Waals surface area contributed by atoms with Gasteiger partial charge in [0.25, 0.3) is 5.56 Å². The zero-order valence-corrected chi connectivity index (χ0v) is 17.1. The maximum Gasteiger partial charge on any atom is 0.255 e. The predicted octanol–water partition coefficient (Wildman–Crippen LogP) is 3.36. The maximum absolute atomic E-state index is 12.2. The number of rotatable bonds is 10. The molecule has 0 bridgehead atoms. The van der Waals surface area contributed by atoms with Gasteiger partial charge < -0.3 is 14.6 Å². The van der Waals surface area contributed by atoms with Crippen LogP contribution in [0, 0.1) is 0 Å². The van der Waals surface area contributed by atoms with Crippen LogP contribution in [0.2, 0.25) is 0 Å². The van der Waals surface area contributed by atoms with E-state index in [2.05, 4.69) is 20.2 Å². The SMILES string of the molecule is CN(C)Cc1ccc(CSCCNc2ncc(Cc3ccccc3)c(=O)[nH]2)o1. The highest BCUT2D eigenvalue weighted by atomic mass is 32.2. The fourth-order valence-electron chi connectivity index (χ4n) is 2.76. The van der Waals surface area contributed by atoms with Crippen LogP contribution in [-0.4, -0.2) is 41.3 Å². The van der Waals surface area contributed by atoms with E-state index >= 15 is 0 Å². The van der Waals surface area contributed by atoms with Gasteiger partial charge in [0.15, 0.2) is 0 Å². The fraction of sp³-hybridized carbons (Fsp3) is 0.333. The minimum atomic E-state index is -0.0991. The molecule has 3 rings (SSSR count). The Labute approximate surface area is 169 Å². The molecular weight excluding hydrogens is 372 g/mol. The Hall–Kier alpha value is -2.51. The molecule has 2 aromatic heterocycles. The second-order valence-electron chi connectivity index (χ2n) is 6.83. The minimum absolute atomic E-state index is 0.0991. The number of anilines is 1. The number of nitrogens with zero attached hydrogens (tertiary/aromatic N) is 2. The molecule has 0 unspecified atom stereocenters. The van der Waals surface area contributed by atoms with Gasteiger partial charge in [-0.2, -0.15) is 11.8 Å². The van der Waals surface area contributed by atoms with Crippen LogP contribution in [0.4, 0.5) is 5.95 Å². The summed E-state index contributed by atoms with van der Waals surface area (Å²) in [5.41, 5.74) is 1.66. The minimum Gasteiger partial charge on any atom is -0.464 e. The number of thioether (sulfide) groups is 1. The molecule has 0 aliphatic rings. The monoisotopic (exact) mass is 398 g/mol. The Morgan fingerprint density at radius 1 is 1.14 bits per heavy atom. The maximum atomic E-state index is 12.2. The van der Waals surface area contributed by atoms with Gasteiger partial charge in [0.05, 0.1) is 12.3 Å². The van der Waals surface area contributed by atoms with Crippen LogP contribution >= 0.6 is 11.8 Å². The van der Waals surface area contributed by atoms with Gasteiger partial charge in [-0.25, -0.2) is 4.98 Å². The van der Waals surface area contributed by atoms with E-state index in [-0.39, 0.29) is 5.56 Å². The summed E-state index contributed by atoms with van der Waals surface area (Å²) in [6, 6.07) is 14.0. The van der Waals surface area contributed by atoms with E-state index in [9.17, 15) is 4.79 Å². The summed E-state index contributed by atoms with van der Waals surface area (Å²) in [6.45, 7) is 1.53. The second-order valence-corrected chi connectivity index (χ2v) is 7.94. The summed E-state index contributed by atoms with van der Waals surface area (Å²) < 4.78 is 5.79. The first-order valence-corrected chi connectivity index (χ1v) is 10.4. The lowest BCUT2D eigenvalue weighted by Crippen LogP contribution is -2.18. The summed E-state index contributed by atoms with van der Waals surface area (Å²) in [4.78, 5) is 21.5. The number of H-pyrrole nitrogens is 1. The molecule has 0 amide bonds. The number of nitrogens with one attached hydrogen (secondary N) is 2. The van der Waals surface area contributed by atoms with Crippen molar-refractivity contribution in [2.45, 2.75) is 18.7 Å². The van der Waals surface area contributed by atoms with Crippen molar-refractivity contribution in [2.24, 2.45) is 0 Å². The van der Waals surface area contributed by atoms with Crippen LogP contribution in [0.5, 0.6) is 0 Å². The molecule has 1 aromatic carbocycles. The van der Waals surface area contributed by atoms with Crippen LogP contribution in [0.25, 0.3) is 0 Å². The van der Waals surface area contributed by atoms with Crippen LogP contribution in [0.1, 0.15) is 22.6 Å². The molecule has 0 saturated heterocycles. The van der Waals surface area contributed by atoms with Crippen LogP contribution in [0.15, 0.2) is 57.9 Å². The first kappa shape index (κ1) is 20.2. The lowest BCUT2D eigenvalue weighted by atomic mass is 10.1. The summed E-state index contributed by atoms with van der Waals surface area (Å²) >= 11 is 1.78. The van der Waals surface area contributed by atoms with E-state index in [0.717, 1.165) is 41.7 Å².